The minimum absolute atomic E-state index is 0.175. The van der Waals surface area contributed by atoms with Crippen LogP contribution in [0.5, 0.6) is 0 Å². The van der Waals surface area contributed by atoms with E-state index in [0.717, 1.165) is 33.8 Å². The number of nitrogens with zero attached hydrogens (tertiary/aromatic N) is 2. The van der Waals surface area contributed by atoms with E-state index in [1.807, 2.05) is 56.3 Å². The van der Waals surface area contributed by atoms with E-state index < -0.39 is 5.97 Å². The molecule has 7 heteroatoms. The van der Waals surface area contributed by atoms with Crippen LogP contribution in [-0.4, -0.2) is 31.4 Å². The Morgan fingerprint density at radius 1 is 1.22 bits per heavy atom. The molecule has 136 valence electrons. The third kappa shape index (κ3) is 3.00. The van der Waals surface area contributed by atoms with Crippen LogP contribution in [0.3, 0.4) is 0 Å². The molecular formula is C20H17N3O3S. The molecule has 0 fully saturated rings. The standard InChI is InChI=1S/C20H17N3O3S/c1-11-7-8-12(2)15(9-11)23-19(26)18-17(22-20(23)27-10-16(24)25)13-5-3-4-6-14(13)21-18/h3-9,21H,10H2,1-2H3,(H,24,25). The van der Waals surface area contributed by atoms with Gasteiger partial charge in [-0.3, -0.25) is 14.2 Å². The van der Waals surface area contributed by atoms with E-state index in [2.05, 4.69) is 9.97 Å². The summed E-state index contributed by atoms with van der Waals surface area (Å²) >= 11 is 1.04. The van der Waals surface area contributed by atoms with Gasteiger partial charge in [-0.25, -0.2) is 4.98 Å². The van der Waals surface area contributed by atoms with Gasteiger partial charge in [0.15, 0.2) is 5.16 Å². The number of thioether (sulfide) groups is 1. The van der Waals surface area contributed by atoms with E-state index >= 15 is 0 Å². The van der Waals surface area contributed by atoms with Gasteiger partial charge in [0, 0.05) is 10.9 Å². The summed E-state index contributed by atoms with van der Waals surface area (Å²) in [6, 6.07) is 13.4. The van der Waals surface area contributed by atoms with E-state index in [0.29, 0.717) is 21.9 Å². The van der Waals surface area contributed by atoms with Crippen LogP contribution >= 0.6 is 11.8 Å². The number of hydrogen-bond donors (Lipinski definition) is 2. The van der Waals surface area contributed by atoms with E-state index in [4.69, 9.17) is 5.11 Å². The second-order valence-electron chi connectivity index (χ2n) is 6.40. The van der Waals surface area contributed by atoms with Crippen LogP contribution in [0.25, 0.3) is 27.6 Å². The van der Waals surface area contributed by atoms with Crippen LogP contribution in [0.15, 0.2) is 52.4 Å². The molecule has 2 N–H and O–H groups in total. The predicted molar refractivity (Wildman–Crippen MR) is 107 cm³/mol. The molecule has 0 bridgehead atoms. The summed E-state index contributed by atoms with van der Waals surface area (Å²) in [5.41, 5.74) is 4.19. The molecule has 0 amide bonds. The molecule has 27 heavy (non-hydrogen) atoms. The van der Waals surface area contributed by atoms with Gasteiger partial charge in [0.25, 0.3) is 5.56 Å². The number of benzene rings is 2. The molecule has 4 aromatic rings. The number of nitrogens with one attached hydrogen (secondary N) is 1. The summed E-state index contributed by atoms with van der Waals surface area (Å²) in [4.78, 5) is 32.3. The van der Waals surface area contributed by atoms with Crippen molar-refractivity contribution in [2.75, 3.05) is 5.75 Å². The Balaban J connectivity index is 2.08. The van der Waals surface area contributed by atoms with Crippen molar-refractivity contribution in [2.45, 2.75) is 19.0 Å². The number of carboxylic acid groups (broad SMARTS) is 1. The Morgan fingerprint density at radius 2 is 2.00 bits per heavy atom. The van der Waals surface area contributed by atoms with Crippen molar-refractivity contribution in [2.24, 2.45) is 0 Å². The first-order valence-electron chi connectivity index (χ1n) is 8.41. The third-order valence-corrected chi connectivity index (χ3v) is 5.35. The quantitative estimate of drug-likeness (QED) is 0.417. The number of fused-ring (bicyclic) bond motifs is 3. The average Bonchev–Trinajstić information content (AvgIpc) is 3.01. The van der Waals surface area contributed by atoms with Gasteiger partial charge in [0.1, 0.15) is 11.0 Å². The van der Waals surface area contributed by atoms with Crippen molar-refractivity contribution < 1.29 is 9.90 Å². The number of aliphatic carboxylic acids is 1. The van der Waals surface area contributed by atoms with Crippen molar-refractivity contribution in [3.63, 3.8) is 0 Å². The SMILES string of the molecule is Cc1ccc(C)c(-n2c(SCC(=O)O)nc3c([nH]c4ccccc43)c2=O)c1. The fourth-order valence-corrected chi connectivity index (χ4v) is 3.86. The number of carbonyl (C=O) groups is 1. The van der Waals surface area contributed by atoms with Crippen LogP contribution in [0.1, 0.15) is 11.1 Å². The topological polar surface area (TPSA) is 88.0 Å². The zero-order valence-electron chi connectivity index (χ0n) is 14.8. The molecule has 0 radical (unpaired) electrons. The number of hydrogen-bond acceptors (Lipinski definition) is 4. The molecule has 2 heterocycles. The first kappa shape index (κ1) is 17.4. The molecule has 0 spiro atoms. The molecule has 0 atom stereocenters. The number of aryl methyl sites for hydroxylation is 2. The molecule has 0 saturated heterocycles. The highest BCUT2D eigenvalue weighted by Gasteiger charge is 2.19. The lowest BCUT2D eigenvalue weighted by Gasteiger charge is -2.14. The molecule has 0 saturated carbocycles. The van der Waals surface area contributed by atoms with E-state index in [-0.39, 0.29) is 11.3 Å². The van der Waals surface area contributed by atoms with Crippen molar-refractivity contribution in [1.82, 2.24) is 14.5 Å². The van der Waals surface area contributed by atoms with Crippen molar-refractivity contribution >= 4 is 39.7 Å². The number of aromatic nitrogens is 3. The predicted octanol–water partition coefficient (Wildman–Crippen LogP) is 3.66. The van der Waals surface area contributed by atoms with E-state index in [9.17, 15) is 9.59 Å². The van der Waals surface area contributed by atoms with Gasteiger partial charge in [0.05, 0.1) is 11.4 Å². The highest BCUT2D eigenvalue weighted by molar-refractivity contribution is 7.99. The van der Waals surface area contributed by atoms with Gasteiger partial charge < -0.3 is 10.1 Å². The Bertz CT molecular complexity index is 1260. The molecule has 4 rings (SSSR count). The normalized spacial score (nSPS) is 11.3. The number of aromatic amines is 1. The van der Waals surface area contributed by atoms with Gasteiger partial charge in [0.2, 0.25) is 0 Å². The number of rotatable bonds is 4. The summed E-state index contributed by atoms with van der Waals surface area (Å²) in [5, 5.41) is 10.3. The zero-order valence-corrected chi connectivity index (χ0v) is 15.6. The number of para-hydroxylation sites is 1. The second-order valence-corrected chi connectivity index (χ2v) is 7.34. The average molecular weight is 379 g/mol. The zero-order chi connectivity index (χ0) is 19.1. The Kier molecular flexibility index (Phi) is 4.24. The van der Waals surface area contributed by atoms with E-state index in [1.54, 1.807) is 0 Å². The summed E-state index contributed by atoms with van der Waals surface area (Å²) < 4.78 is 1.51. The van der Waals surface area contributed by atoms with Gasteiger partial charge in [-0.15, -0.1) is 0 Å². The van der Waals surface area contributed by atoms with Crippen molar-refractivity contribution in [3.05, 3.63) is 63.9 Å². The van der Waals surface area contributed by atoms with E-state index in [1.165, 1.54) is 4.57 Å². The molecule has 0 aliphatic rings. The lowest BCUT2D eigenvalue weighted by atomic mass is 10.1. The molecule has 2 aromatic carbocycles. The maximum Gasteiger partial charge on any atom is 0.313 e. The Labute approximate surface area is 158 Å². The van der Waals surface area contributed by atoms with Crippen molar-refractivity contribution in [1.29, 1.82) is 0 Å². The minimum Gasteiger partial charge on any atom is -0.481 e. The lowest BCUT2D eigenvalue weighted by molar-refractivity contribution is -0.133. The minimum atomic E-state index is -0.958. The first-order chi connectivity index (χ1) is 13.0. The summed E-state index contributed by atoms with van der Waals surface area (Å²) in [6.07, 6.45) is 0. The fourth-order valence-electron chi connectivity index (χ4n) is 3.14. The molecule has 6 nitrogen and oxygen atoms in total. The van der Waals surface area contributed by atoms with Crippen LogP contribution in [0.4, 0.5) is 0 Å². The van der Waals surface area contributed by atoms with Gasteiger partial charge in [-0.2, -0.15) is 0 Å². The van der Waals surface area contributed by atoms with Gasteiger partial charge in [-0.05, 0) is 37.1 Å². The summed E-state index contributed by atoms with van der Waals surface area (Å²) in [5.74, 6) is -1.13. The molecule has 2 aromatic heterocycles. The highest BCUT2D eigenvalue weighted by atomic mass is 32.2. The maximum atomic E-state index is 13.4. The van der Waals surface area contributed by atoms with Crippen LogP contribution in [-0.2, 0) is 4.79 Å². The van der Waals surface area contributed by atoms with Crippen LogP contribution in [0.2, 0.25) is 0 Å². The Morgan fingerprint density at radius 3 is 2.78 bits per heavy atom. The Hall–Kier alpha value is -3.06. The molecule has 0 aliphatic heterocycles. The third-order valence-electron chi connectivity index (χ3n) is 4.42. The van der Waals surface area contributed by atoms with Gasteiger partial charge >= 0.3 is 5.97 Å². The van der Waals surface area contributed by atoms with Crippen LogP contribution in [0, 0.1) is 13.8 Å². The highest BCUT2D eigenvalue weighted by Crippen LogP contribution is 2.27. The lowest BCUT2D eigenvalue weighted by Crippen LogP contribution is -2.23. The van der Waals surface area contributed by atoms with Gasteiger partial charge in [-0.1, -0.05) is 42.1 Å². The second kappa shape index (κ2) is 6.59. The molecular weight excluding hydrogens is 362 g/mol. The van der Waals surface area contributed by atoms with Crippen LogP contribution < -0.4 is 5.56 Å². The first-order valence-corrected chi connectivity index (χ1v) is 9.40. The number of carboxylic acids is 1. The fraction of sp³-hybridized carbons (Fsp3) is 0.150. The van der Waals surface area contributed by atoms with Crippen molar-refractivity contribution in [3.8, 4) is 5.69 Å². The number of H-pyrrole nitrogens is 1. The monoisotopic (exact) mass is 379 g/mol. The summed E-state index contributed by atoms with van der Waals surface area (Å²) in [7, 11) is 0. The maximum absolute atomic E-state index is 13.4. The largest absolute Gasteiger partial charge is 0.481 e. The summed E-state index contributed by atoms with van der Waals surface area (Å²) in [6.45, 7) is 3.87. The smallest absolute Gasteiger partial charge is 0.313 e. The molecule has 0 unspecified atom stereocenters. The molecule has 0 aliphatic carbocycles.